The Morgan fingerprint density at radius 2 is 1.94 bits per heavy atom. The normalized spacial score (nSPS) is 11.1. The second-order valence-corrected chi connectivity index (χ2v) is 4.60. The van der Waals surface area contributed by atoms with E-state index >= 15 is 0 Å². The number of nitrogens with zero attached hydrogens (tertiary/aromatic N) is 3. The van der Waals surface area contributed by atoms with Gasteiger partial charge in [0.05, 0.1) is 10.0 Å². The summed E-state index contributed by atoms with van der Waals surface area (Å²) in [5, 5.41) is 9.07. The zero-order valence-electron chi connectivity index (χ0n) is 8.98. The molecule has 1 aromatic carbocycles. The summed E-state index contributed by atoms with van der Waals surface area (Å²) in [6, 6.07) is 5.75. The topological polar surface area (TPSA) is 30.7 Å². The van der Waals surface area contributed by atoms with Crippen molar-refractivity contribution >= 4 is 23.2 Å². The molecular formula is C11H11Cl2N3. The summed E-state index contributed by atoms with van der Waals surface area (Å²) < 4.78 is 1.99. The van der Waals surface area contributed by atoms with Gasteiger partial charge in [-0.05, 0) is 32.0 Å². The minimum Gasteiger partial charge on any atom is -0.311 e. The van der Waals surface area contributed by atoms with Crippen molar-refractivity contribution in [2.75, 3.05) is 0 Å². The van der Waals surface area contributed by atoms with E-state index in [0.717, 1.165) is 11.4 Å². The summed E-state index contributed by atoms with van der Waals surface area (Å²) in [7, 11) is 0. The number of rotatable bonds is 2. The Kier molecular flexibility index (Phi) is 3.17. The molecule has 3 nitrogen and oxygen atoms in total. The van der Waals surface area contributed by atoms with Crippen molar-refractivity contribution in [2.45, 2.75) is 19.9 Å². The van der Waals surface area contributed by atoms with Gasteiger partial charge >= 0.3 is 0 Å². The van der Waals surface area contributed by atoms with Gasteiger partial charge in [-0.2, -0.15) is 0 Å². The van der Waals surface area contributed by atoms with Crippen molar-refractivity contribution < 1.29 is 0 Å². The zero-order valence-corrected chi connectivity index (χ0v) is 10.5. The summed E-state index contributed by atoms with van der Waals surface area (Å²) in [4.78, 5) is 0. The number of benzene rings is 1. The van der Waals surface area contributed by atoms with E-state index < -0.39 is 0 Å². The summed E-state index contributed by atoms with van der Waals surface area (Å²) in [6.07, 6.45) is 1.71. The summed E-state index contributed by atoms with van der Waals surface area (Å²) in [5.74, 6) is 0.800. The first-order valence-corrected chi connectivity index (χ1v) is 5.70. The van der Waals surface area contributed by atoms with E-state index in [-0.39, 0.29) is 0 Å². The Bertz CT molecular complexity index is 506. The van der Waals surface area contributed by atoms with E-state index in [1.165, 1.54) is 0 Å². The highest BCUT2D eigenvalue weighted by Crippen LogP contribution is 2.28. The Balaban J connectivity index is 2.50. The van der Waals surface area contributed by atoms with Crippen LogP contribution in [0.4, 0.5) is 0 Å². The average Bonchev–Trinajstić information content (AvgIpc) is 2.71. The third-order valence-electron chi connectivity index (χ3n) is 2.31. The molecule has 0 N–H and O–H groups in total. The standard InChI is InChI=1S/C11H11Cl2N3/c1-7(2)16-6-14-15-11(16)8-3-4-9(12)10(13)5-8/h3-7H,1-2H3. The first kappa shape index (κ1) is 11.4. The van der Waals surface area contributed by atoms with Crippen molar-refractivity contribution in [3.63, 3.8) is 0 Å². The molecule has 16 heavy (non-hydrogen) atoms. The van der Waals surface area contributed by atoms with Crippen LogP contribution in [-0.2, 0) is 0 Å². The molecule has 5 heteroatoms. The lowest BCUT2D eigenvalue weighted by molar-refractivity contribution is 0.604. The first-order chi connectivity index (χ1) is 7.59. The number of aromatic nitrogens is 3. The minimum absolute atomic E-state index is 0.305. The fourth-order valence-electron chi connectivity index (χ4n) is 1.46. The lowest BCUT2D eigenvalue weighted by Crippen LogP contribution is -2.01. The summed E-state index contributed by atoms with van der Waals surface area (Å²) in [5.41, 5.74) is 0.917. The summed E-state index contributed by atoms with van der Waals surface area (Å²) in [6.45, 7) is 4.15. The Labute approximate surface area is 104 Å². The molecule has 0 atom stereocenters. The molecule has 0 saturated heterocycles. The van der Waals surface area contributed by atoms with E-state index in [9.17, 15) is 0 Å². The maximum absolute atomic E-state index is 5.97. The quantitative estimate of drug-likeness (QED) is 0.817. The van der Waals surface area contributed by atoms with E-state index in [2.05, 4.69) is 24.0 Å². The van der Waals surface area contributed by atoms with Crippen LogP contribution in [0.5, 0.6) is 0 Å². The molecule has 1 heterocycles. The van der Waals surface area contributed by atoms with Crippen molar-refractivity contribution in [1.82, 2.24) is 14.8 Å². The molecule has 84 valence electrons. The van der Waals surface area contributed by atoms with Crippen molar-refractivity contribution in [2.24, 2.45) is 0 Å². The van der Waals surface area contributed by atoms with E-state index in [0.29, 0.717) is 16.1 Å². The summed E-state index contributed by atoms with van der Waals surface area (Å²) >= 11 is 11.8. The zero-order chi connectivity index (χ0) is 11.7. The van der Waals surface area contributed by atoms with Gasteiger partial charge in [-0.15, -0.1) is 10.2 Å². The van der Waals surface area contributed by atoms with Gasteiger partial charge in [-0.1, -0.05) is 23.2 Å². The lowest BCUT2D eigenvalue weighted by Gasteiger charge is -2.10. The molecule has 0 fully saturated rings. The molecule has 0 unspecified atom stereocenters. The lowest BCUT2D eigenvalue weighted by atomic mass is 10.2. The van der Waals surface area contributed by atoms with Crippen molar-refractivity contribution in [3.05, 3.63) is 34.6 Å². The Morgan fingerprint density at radius 1 is 1.19 bits per heavy atom. The van der Waals surface area contributed by atoms with Gasteiger partial charge in [0.2, 0.25) is 0 Å². The monoisotopic (exact) mass is 255 g/mol. The molecule has 2 aromatic rings. The highest BCUT2D eigenvalue weighted by Gasteiger charge is 2.10. The van der Waals surface area contributed by atoms with Gasteiger partial charge in [-0.25, -0.2) is 0 Å². The smallest absolute Gasteiger partial charge is 0.164 e. The predicted molar refractivity (Wildman–Crippen MR) is 65.9 cm³/mol. The highest BCUT2D eigenvalue weighted by atomic mass is 35.5. The molecule has 0 spiro atoms. The second kappa shape index (κ2) is 4.44. The minimum atomic E-state index is 0.305. The fraction of sp³-hybridized carbons (Fsp3) is 0.273. The number of hydrogen-bond acceptors (Lipinski definition) is 2. The first-order valence-electron chi connectivity index (χ1n) is 4.94. The van der Waals surface area contributed by atoms with Crippen molar-refractivity contribution in [3.8, 4) is 11.4 Å². The SMILES string of the molecule is CC(C)n1cnnc1-c1ccc(Cl)c(Cl)c1. The molecule has 0 bridgehead atoms. The maximum Gasteiger partial charge on any atom is 0.164 e. The van der Waals surface area contributed by atoms with Gasteiger partial charge in [0.1, 0.15) is 6.33 Å². The van der Waals surface area contributed by atoms with Gasteiger partial charge < -0.3 is 4.57 Å². The van der Waals surface area contributed by atoms with E-state index in [4.69, 9.17) is 23.2 Å². The molecule has 0 saturated carbocycles. The van der Waals surface area contributed by atoms with Gasteiger partial charge in [-0.3, -0.25) is 0 Å². The van der Waals surface area contributed by atoms with Crippen LogP contribution < -0.4 is 0 Å². The molecule has 1 aromatic heterocycles. The molecule has 2 rings (SSSR count). The van der Waals surface area contributed by atoms with Crippen LogP contribution in [0.1, 0.15) is 19.9 Å². The number of halogens is 2. The molecule has 0 amide bonds. The Hall–Kier alpha value is -1.06. The largest absolute Gasteiger partial charge is 0.311 e. The Morgan fingerprint density at radius 3 is 2.56 bits per heavy atom. The third-order valence-corrected chi connectivity index (χ3v) is 3.05. The molecule has 0 aliphatic carbocycles. The van der Waals surface area contributed by atoms with Crippen LogP contribution in [0.3, 0.4) is 0 Å². The highest BCUT2D eigenvalue weighted by molar-refractivity contribution is 6.42. The maximum atomic E-state index is 5.97. The molecule has 0 radical (unpaired) electrons. The van der Waals surface area contributed by atoms with Crippen LogP contribution in [0.25, 0.3) is 11.4 Å². The van der Waals surface area contributed by atoms with Crippen LogP contribution >= 0.6 is 23.2 Å². The number of hydrogen-bond donors (Lipinski definition) is 0. The van der Waals surface area contributed by atoms with Crippen LogP contribution in [-0.4, -0.2) is 14.8 Å². The van der Waals surface area contributed by atoms with Crippen molar-refractivity contribution in [1.29, 1.82) is 0 Å². The third kappa shape index (κ3) is 2.06. The molecular weight excluding hydrogens is 245 g/mol. The molecule has 0 aliphatic rings. The van der Waals surface area contributed by atoms with Crippen LogP contribution in [0, 0.1) is 0 Å². The van der Waals surface area contributed by atoms with Gasteiger partial charge in [0, 0.05) is 11.6 Å². The van der Waals surface area contributed by atoms with Crippen LogP contribution in [0.2, 0.25) is 10.0 Å². The predicted octanol–water partition coefficient (Wildman–Crippen LogP) is 3.83. The average molecular weight is 256 g/mol. The second-order valence-electron chi connectivity index (χ2n) is 3.78. The van der Waals surface area contributed by atoms with Crippen LogP contribution in [0.15, 0.2) is 24.5 Å². The van der Waals surface area contributed by atoms with Gasteiger partial charge in [0.15, 0.2) is 5.82 Å². The molecule has 0 aliphatic heterocycles. The van der Waals surface area contributed by atoms with E-state index in [1.54, 1.807) is 18.5 Å². The fourth-order valence-corrected chi connectivity index (χ4v) is 1.76. The van der Waals surface area contributed by atoms with E-state index in [1.807, 2.05) is 10.6 Å². The van der Waals surface area contributed by atoms with Gasteiger partial charge in [0.25, 0.3) is 0 Å².